The zero-order valence-corrected chi connectivity index (χ0v) is 11.2. The molecular weight excluding hydrogens is 233 g/mol. The predicted molar refractivity (Wildman–Crippen MR) is 71.6 cm³/mol. The lowest BCUT2D eigenvalue weighted by molar-refractivity contribution is 0.268. The first-order valence-corrected chi connectivity index (χ1v) is 6.53. The average molecular weight is 255 g/mol. The molecule has 0 aromatic heterocycles. The van der Waals surface area contributed by atoms with E-state index in [1.54, 1.807) is 0 Å². The third-order valence-corrected chi connectivity index (χ3v) is 2.54. The molecule has 0 amide bonds. The molecule has 1 aromatic carbocycles. The maximum atomic E-state index is 14.0. The molecule has 0 spiro atoms. The fourth-order valence-corrected chi connectivity index (χ4v) is 1.46. The van der Waals surface area contributed by atoms with E-state index in [9.17, 15) is 4.39 Å². The van der Waals surface area contributed by atoms with Crippen LogP contribution in [0.25, 0.3) is 0 Å². The van der Waals surface area contributed by atoms with Crippen molar-refractivity contribution in [3.05, 3.63) is 17.9 Å². The van der Waals surface area contributed by atoms with Gasteiger partial charge in [0, 0.05) is 17.8 Å². The Morgan fingerprint density at radius 1 is 1.00 bits per heavy atom. The van der Waals surface area contributed by atoms with E-state index in [2.05, 4.69) is 13.8 Å². The summed E-state index contributed by atoms with van der Waals surface area (Å²) in [7, 11) is 0. The number of unbranched alkanes of at least 4 members (excludes halogenated alkanes) is 2. The number of hydrogen-bond donors (Lipinski definition) is 1. The minimum atomic E-state index is -0.462. The molecule has 0 aliphatic carbocycles. The summed E-state index contributed by atoms with van der Waals surface area (Å²) in [6.45, 7) is 5.09. The van der Waals surface area contributed by atoms with Gasteiger partial charge in [-0.2, -0.15) is 4.39 Å². The number of benzene rings is 1. The lowest BCUT2D eigenvalue weighted by atomic mass is 10.2. The average Bonchev–Trinajstić information content (AvgIpc) is 2.35. The molecule has 0 heterocycles. The van der Waals surface area contributed by atoms with Crippen molar-refractivity contribution in [3.8, 4) is 11.5 Å². The summed E-state index contributed by atoms with van der Waals surface area (Å²) < 4.78 is 24.7. The number of halogens is 1. The summed E-state index contributed by atoms with van der Waals surface area (Å²) >= 11 is 0. The summed E-state index contributed by atoms with van der Waals surface area (Å²) in [5, 5.41) is 0. The Morgan fingerprint density at radius 2 is 1.44 bits per heavy atom. The van der Waals surface area contributed by atoms with Gasteiger partial charge < -0.3 is 15.2 Å². The van der Waals surface area contributed by atoms with Crippen LogP contribution < -0.4 is 15.2 Å². The van der Waals surface area contributed by atoms with Crippen LogP contribution in [0.15, 0.2) is 12.1 Å². The molecule has 1 aromatic rings. The zero-order valence-electron chi connectivity index (χ0n) is 11.2. The van der Waals surface area contributed by atoms with Gasteiger partial charge >= 0.3 is 0 Å². The van der Waals surface area contributed by atoms with Gasteiger partial charge in [0.25, 0.3) is 0 Å². The van der Waals surface area contributed by atoms with Gasteiger partial charge in [0.2, 0.25) is 5.82 Å². The van der Waals surface area contributed by atoms with Crippen LogP contribution in [0.4, 0.5) is 10.1 Å². The van der Waals surface area contributed by atoms with E-state index in [4.69, 9.17) is 15.2 Å². The molecule has 102 valence electrons. The highest BCUT2D eigenvalue weighted by atomic mass is 19.1. The van der Waals surface area contributed by atoms with Crippen LogP contribution in [0.2, 0.25) is 0 Å². The lowest BCUT2D eigenvalue weighted by Crippen LogP contribution is -2.04. The van der Waals surface area contributed by atoms with Gasteiger partial charge in [0.15, 0.2) is 11.5 Å². The van der Waals surface area contributed by atoms with Gasteiger partial charge in [-0.05, 0) is 12.8 Å². The Bertz CT molecular complexity index is 338. The highest BCUT2D eigenvalue weighted by Crippen LogP contribution is 2.30. The van der Waals surface area contributed by atoms with Crippen LogP contribution in [-0.2, 0) is 0 Å². The first-order valence-electron chi connectivity index (χ1n) is 6.53. The van der Waals surface area contributed by atoms with E-state index in [1.807, 2.05) is 0 Å². The molecule has 0 radical (unpaired) electrons. The van der Waals surface area contributed by atoms with E-state index >= 15 is 0 Å². The number of nitrogens with two attached hydrogens (primary N) is 1. The van der Waals surface area contributed by atoms with Crippen molar-refractivity contribution in [2.24, 2.45) is 0 Å². The van der Waals surface area contributed by atoms with E-state index in [0.717, 1.165) is 25.7 Å². The van der Waals surface area contributed by atoms with Crippen molar-refractivity contribution >= 4 is 5.69 Å². The molecule has 0 aliphatic heterocycles. The second kappa shape index (κ2) is 7.80. The van der Waals surface area contributed by atoms with E-state index < -0.39 is 5.82 Å². The number of anilines is 1. The first kappa shape index (κ1) is 14.6. The minimum Gasteiger partial charge on any atom is -0.490 e. The second-order valence-electron chi connectivity index (χ2n) is 4.24. The van der Waals surface area contributed by atoms with Crippen molar-refractivity contribution in [1.82, 2.24) is 0 Å². The number of ether oxygens (including phenoxy) is 2. The highest BCUT2D eigenvalue weighted by molar-refractivity contribution is 5.51. The van der Waals surface area contributed by atoms with Crippen LogP contribution in [0.5, 0.6) is 11.5 Å². The molecule has 1 rings (SSSR count). The Balaban J connectivity index is 2.71. The maximum absolute atomic E-state index is 14.0. The third-order valence-electron chi connectivity index (χ3n) is 2.54. The van der Waals surface area contributed by atoms with Gasteiger partial charge in [-0.25, -0.2) is 0 Å². The molecule has 0 unspecified atom stereocenters. The van der Waals surface area contributed by atoms with Crippen LogP contribution in [-0.4, -0.2) is 13.2 Å². The Hall–Kier alpha value is -1.45. The molecule has 0 aliphatic rings. The molecule has 18 heavy (non-hydrogen) atoms. The van der Waals surface area contributed by atoms with Crippen molar-refractivity contribution in [2.45, 2.75) is 39.5 Å². The summed E-state index contributed by atoms with van der Waals surface area (Å²) in [6, 6.07) is 3.00. The van der Waals surface area contributed by atoms with Crippen LogP contribution >= 0.6 is 0 Å². The highest BCUT2D eigenvalue weighted by Gasteiger charge is 2.12. The van der Waals surface area contributed by atoms with Gasteiger partial charge in [0.05, 0.1) is 13.2 Å². The summed E-state index contributed by atoms with van der Waals surface area (Å²) in [5.41, 5.74) is 6.16. The Kier molecular flexibility index (Phi) is 6.33. The second-order valence-corrected chi connectivity index (χ2v) is 4.24. The first-order chi connectivity index (χ1) is 8.69. The Morgan fingerprint density at radius 3 is 1.83 bits per heavy atom. The van der Waals surface area contributed by atoms with Gasteiger partial charge in [0.1, 0.15) is 0 Å². The standard InChI is InChI=1S/C14H22FNO2/c1-3-5-7-17-12-9-11(16)10-13(14(12)15)18-8-6-4-2/h9-10H,3-8,16H2,1-2H3. The fraction of sp³-hybridized carbons (Fsp3) is 0.571. The molecule has 4 heteroatoms. The van der Waals surface area contributed by atoms with E-state index in [1.165, 1.54) is 12.1 Å². The van der Waals surface area contributed by atoms with Gasteiger partial charge in [-0.3, -0.25) is 0 Å². The van der Waals surface area contributed by atoms with Crippen molar-refractivity contribution < 1.29 is 13.9 Å². The topological polar surface area (TPSA) is 44.5 Å². The quantitative estimate of drug-likeness (QED) is 0.568. The SMILES string of the molecule is CCCCOc1cc(N)cc(OCCCC)c1F. The normalized spacial score (nSPS) is 10.4. The predicted octanol–water partition coefficient (Wildman–Crippen LogP) is 3.77. The van der Waals surface area contributed by atoms with Gasteiger partial charge in [-0.1, -0.05) is 26.7 Å². The van der Waals surface area contributed by atoms with Gasteiger partial charge in [-0.15, -0.1) is 0 Å². The minimum absolute atomic E-state index is 0.176. The van der Waals surface area contributed by atoms with Crippen LogP contribution in [0.1, 0.15) is 39.5 Å². The van der Waals surface area contributed by atoms with Crippen LogP contribution in [0, 0.1) is 5.82 Å². The molecular formula is C14H22FNO2. The molecule has 2 N–H and O–H groups in total. The summed E-state index contributed by atoms with van der Waals surface area (Å²) in [5.74, 6) is -0.110. The van der Waals surface area contributed by atoms with Crippen LogP contribution in [0.3, 0.4) is 0 Å². The van der Waals surface area contributed by atoms with E-state index in [-0.39, 0.29) is 11.5 Å². The summed E-state index contributed by atoms with van der Waals surface area (Å²) in [4.78, 5) is 0. The zero-order chi connectivity index (χ0) is 13.4. The lowest BCUT2D eigenvalue weighted by Gasteiger charge is -2.12. The van der Waals surface area contributed by atoms with Crippen molar-refractivity contribution in [2.75, 3.05) is 18.9 Å². The molecule has 0 bridgehead atoms. The van der Waals surface area contributed by atoms with E-state index in [0.29, 0.717) is 18.9 Å². The molecule has 0 atom stereocenters. The maximum Gasteiger partial charge on any atom is 0.206 e. The molecule has 0 saturated carbocycles. The number of hydrogen-bond acceptors (Lipinski definition) is 3. The fourth-order valence-electron chi connectivity index (χ4n) is 1.46. The molecule has 0 saturated heterocycles. The smallest absolute Gasteiger partial charge is 0.206 e. The van der Waals surface area contributed by atoms with Crippen molar-refractivity contribution in [3.63, 3.8) is 0 Å². The Labute approximate surface area is 108 Å². The summed E-state index contributed by atoms with van der Waals surface area (Å²) in [6.07, 6.45) is 3.79. The number of nitrogen functional groups attached to an aromatic ring is 1. The number of rotatable bonds is 8. The third kappa shape index (κ3) is 4.43. The monoisotopic (exact) mass is 255 g/mol. The van der Waals surface area contributed by atoms with Crippen molar-refractivity contribution in [1.29, 1.82) is 0 Å². The molecule has 3 nitrogen and oxygen atoms in total. The molecule has 0 fully saturated rings. The largest absolute Gasteiger partial charge is 0.490 e.